The summed E-state index contributed by atoms with van der Waals surface area (Å²) < 4.78 is 5.54. The van der Waals surface area contributed by atoms with Gasteiger partial charge in [-0.25, -0.2) is 0 Å². The van der Waals surface area contributed by atoms with Gasteiger partial charge in [-0.2, -0.15) is 0 Å². The summed E-state index contributed by atoms with van der Waals surface area (Å²) in [4.78, 5) is 0. The summed E-state index contributed by atoms with van der Waals surface area (Å²) in [6.45, 7) is 1.75. The van der Waals surface area contributed by atoms with E-state index in [0.29, 0.717) is 6.10 Å². The second kappa shape index (κ2) is 7.10. The highest BCUT2D eigenvalue weighted by atomic mass is 16.5. The standard InChI is InChI=1S/C11H21NO/c12-9-5-3-1-2-4-7-11-8-6-10-13-11/h1,3,11H,2,4-10,12H2. The summed E-state index contributed by atoms with van der Waals surface area (Å²) in [5.41, 5.74) is 5.37. The van der Waals surface area contributed by atoms with Crippen LogP contribution in [0.4, 0.5) is 0 Å². The van der Waals surface area contributed by atoms with Crippen LogP contribution >= 0.6 is 0 Å². The van der Waals surface area contributed by atoms with Crippen LogP contribution in [0, 0.1) is 0 Å². The molecule has 0 radical (unpaired) electrons. The Morgan fingerprint density at radius 2 is 2.15 bits per heavy atom. The summed E-state index contributed by atoms with van der Waals surface area (Å²) in [7, 11) is 0. The van der Waals surface area contributed by atoms with E-state index in [1.54, 1.807) is 0 Å². The molecule has 2 N–H and O–H groups in total. The molecule has 2 nitrogen and oxygen atoms in total. The Balaban J connectivity index is 1.88. The van der Waals surface area contributed by atoms with Gasteiger partial charge < -0.3 is 10.5 Å². The van der Waals surface area contributed by atoms with Gasteiger partial charge in [-0.3, -0.25) is 0 Å². The van der Waals surface area contributed by atoms with Gasteiger partial charge in [0.2, 0.25) is 0 Å². The van der Waals surface area contributed by atoms with Crippen LogP contribution in [0.1, 0.15) is 38.5 Å². The first-order chi connectivity index (χ1) is 6.43. The van der Waals surface area contributed by atoms with Gasteiger partial charge in [0.25, 0.3) is 0 Å². The lowest BCUT2D eigenvalue weighted by Gasteiger charge is -2.06. The molecule has 76 valence electrons. The molecule has 0 aliphatic carbocycles. The van der Waals surface area contributed by atoms with Crippen molar-refractivity contribution in [2.24, 2.45) is 5.73 Å². The Morgan fingerprint density at radius 3 is 2.85 bits per heavy atom. The Kier molecular flexibility index (Phi) is 5.87. The first kappa shape index (κ1) is 10.7. The molecule has 0 aromatic rings. The molecule has 0 bridgehead atoms. The van der Waals surface area contributed by atoms with Crippen molar-refractivity contribution in [3.05, 3.63) is 12.2 Å². The van der Waals surface area contributed by atoms with Crippen LogP contribution in [-0.2, 0) is 4.74 Å². The zero-order valence-electron chi connectivity index (χ0n) is 8.37. The number of allylic oxidation sites excluding steroid dienone is 1. The molecular formula is C11H21NO. The van der Waals surface area contributed by atoms with E-state index >= 15 is 0 Å². The average molecular weight is 183 g/mol. The number of hydrogen-bond acceptors (Lipinski definition) is 2. The zero-order valence-corrected chi connectivity index (χ0v) is 8.37. The lowest BCUT2D eigenvalue weighted by molar-refractivity contribution is 0.103. The quantitative estimate of drug-likeness (QED) is 0.506. The molecule has 1 saturated heterocycles. The van der Waals surface area contributed by atoms with Crippen LogP contribution in [0.25, 0.3) is 0 Å². The monoisotopic (exact) mass is 183 g/mol. The maximum Gasteiger partial charge on any atom is 0.0576 e. The number of nitrogens with two attached hydrogens (primary N) is 1. The van der Waals surface area contributed by atoms with Gasteiger partial charge in [-0.1, -0.05) is 12.2 Å². The molecule has 2 heteroatoms. The van der Waals surface area contributed by atoms with Crippen LogP contribution in [-0.4, -0.2) is 19.3 Å². The zero-order chi connectivity index (χ0) is 9.36. The summed E-state index contributed by atoms with van der Waals surface area (Å²) in [6.07, 6.45) is 12.2. The molecule has 0 aromatic carbocycles. The highest BCUT2D eigenvalue weighted by Gasteiger charge is 2.13. The molecular weight excluding hydrogens is 162 g/mol. The normalized spacial score (nSPS) is 23.0. The Bertz CT molecular complexity index is 139. The maximum absolute atomic E-state index is 5.54. The van der Waals surface area contributed by atoms with E-state index in [1.807, 2.05) is 0 Å². The number of ether oxygens (including phenoxy) is 1. The second-order valence-electron chi connectivity index (χ2n) is 3.61. The second-order valence-corrected chi connectivity index (χ2v) is 3.61. The highest BCUT2D eigenvalue weighted by Crippen LogP contribution is 2.17. The highest BCUT2D eigenvalue weighted by molar-refractivity contribution is 4.82. The molecule has 1 fully saturated rings. The molecule has 0 spiro atoms. The van der Waals surface area contributed by atoms with Crippen LogP contribution in [0.5, 0.6) is 0 Å². The first-order valence-corrected chi connectivity index (χ1v) is 5.40. The molecule has 0 aromatic heterocycles. The van der Waals surface area contributed by atoms with Crippen LogP contribution in [0.2, 0.25) is 0 Å². The first-order valence-electron chi connectivity index (χ1n) is 5.40. The third kappa shape index (κ3) is 5.06. The summed E-state index contributed by atoms with van der Waals surface area (Å²) in [6, 6.07) is 0. The Labute approximate surface area is 81.1 Å². The SMILES string of the molecule is NCCC=CCCCC1CCCO1. The largest absolute Gasteiger partial charge is 0.378 e. The van der Waals surface area contributed by atoms with E-state index in [2.05, 4.69) is 12.2 Å². The van der Waals surface area contributed by atoms with Crippen molar-refractivity contribution in [2.45, 2.75) is 44.6 Å². The van der Waals surface area contributed by atoms with Crippen molar-refractivity contribution in [2.75, 3.05) is 13.2 Å². The van der Waals surface area contributed by atoms with Crippen LogP contribution < -0.4 is 5.73 Å². The fourth-order valence-corrected chi connectivity index (χ4v) is 1.67. The Hall–Kier alpha value is -0.340. The van der Waals surface area contributed by atoms with Gasteiger partial charge in [-0.05, 0) is 45.1 Å². The minimum Gasteiger partial charge on any atom is -0.378 e. The number of rotatable bonds is 6. The molecule has 1 aliphatic rings. The van der Waals surface area contributed by atoms with Crippen LogP contribution in [0.15, 0.2) is 12.2 Å². The molecule has 1 rings (SSSR count). The van der Waals surface area contributed by atoms with E-state index < -0.39 is 0 Å². The molecule has 1 atom stereocenters. The summed E-state index contributed by atoms with van der Waals surface area (Å²) >= 11 is 0. The van der Waals surface area contributed by atoms with Crippen molar-refractivity contribution >= 4 is 0 Å². The molecule has 0 amide bonds. The van der Waals surface area contributed by atoms with E-state index in [1.165, 1.54) is 32.1 Å². The predicted octanol–water partition coefficient (Wildman–Crippen LogP) is 2.24. The van der Waals surface area contributed by atoms with Crippen molar-refractivity contribution in [3.8, 4) is 0 Å². The minimum absolute atomic E-state index is 0.558. The molecule has 1 heterocycles. The van der Waals surface area contributed by atoms with Crippen molar-refractivity contribution in [1.82, 2.24) is 0 Å². The number of hydrogen-bond donors (Lipinski definition) is 1. The summed E-state index contributed by atoms with van der Waals surface area (Å²) in [5, 5.41) is 0. The molecule has 1 unspecified atom stereocenters. The third-order valence-corrected chi connectivity index (χ3v) is 2.42. The topological polar surface area (TPSA) is 35.2 Å². The fourth-order valence-electron chi connectivity index (χ4n) is 1.67. The minimum atomic E-state index is 0.558. The average Bonchev–Trinajstić information content (AvgIpc) is 2.63. The molecule has 13 heavy (non-hydrogen) atoms. The summed E-state index contributed by atoms with van der Waals surface area (Å²) in [5.74, 6) is 0. The molecule has 1 aliphatic heterocycles. The maximum atomic E-state index is 5.54. The predicted molar refractivity (Wildman–Crippen MR) is 55.6 cm³/mol. The van der Waals surface area contributed by atoms with Gasteiger partial charge in [0.15, 0.2) is 0 Å². The van der Waals surface area contributed by atoms with E-state index in [0.717, 1.165) is 19.6 Å². The van der Waals surface area contributed by atoms with Gasteiger partial charge >= 0.3 is 0 Å². The van der Waals surface area contributed by atoms with Gasteiger partial charge in [0.1, 0.15) is 0 Å². The van der Waals surface area contributed by atoms with E-state index in [4.69, 9.17) is 10.5 Å². The van der Waals surface area contributed by atoms with Gasteiger partial charge in [0.05, 0.1) is 6.10 Å². The fraction of sp³-hybridized carbons (Fsp3) is 0.818. The number of unbranched alkanes of at least 4 members (excludes halogenated alkanes) is 1. The van der Waals surface area contributed by atoms with E-state index in [9.17, 15) is 0 Å². The Morgan fingerprint density at radius 1 is 1.31 bits per heavy atom. The third-order valence-electron chi connectivity index (χ3n) is 2.42. The van der Waals surface area contributed by atoms with Gasteiger partial charge in [-0.15, -0.1) is 0 Å². The van der Waals surface area contributed by atoms with Gasteiger partial charge in [0, 0.05) is 6.61 Å². The van der Waals surface area contributed by atoms with Crippen molar-refractivity contribution in [1.29, 1.82) is 0 Å². The van der Waals surface area contributed by atoms with Crippen molar-refractivity contribution < 1.29 is 4.74 Å². The smallest absolute Gasteiger partial charge is 0.0576 e. The molecule has 0 saturated carbocycles. The van der Waals surface area contributed by atoms with E-state index in [-0.39, 0.29) is 0 Å². The van der Waals surface area contributed by atoms with Crippen LogP contribution in [0.3, 0.4) is 0 Å². The lowest BCUT2D eigenvalue weighted by atomic mass is 10.1. The lowest BCUT2D eigenvalue weighted by Crippen LogP contribution is -2.03. The van der Waals surface area contributed by atoms with Crippen molar-refractivity contribution in [3.63, 3.8) is 0 Å².